The van der Waals surface area contributed by atoms with Crippen molar-refractivity contribution in [3.63, 3.8) is 0 Å². The van der Waals surface area contributed by atoms with Crippen molar-refractivity contribution >= 4 is 27.5 Å². The van der Waals surface area contributed by atoms with Crippen molar-refractivity contribution in [3.8, 4) is 0 Å². The minimum atomic E-state index is -0.0348. The molecule has 20 heavy (non-hydrogen) atoms. The summed E-state index contributed by atoms with van der Waals surface area (Å²) in [5.41, 5.74) is 9.17. The van der Waals surface area contributed by atoms with Crippen molar-refractivity contribution in [2.75, 3.05) is 12.8 Å². The second-order valence-electron chi connectivity index (χ2n) is 4.82. The summed E-state index contributed by atoms with van der Waals surface area (Å²) in [4.78, 5) is 14.1. The van der Waals surface area contributed by atoms with Gasteiger partial charge in [-0.15, -0.1) is 0 Å². The normalized spacial score (nSPS) is 10.3. The molecule has 0 aliphatic carbocycles. The van der Waals surface area contributed by atoms with Crippen LogP contribution in [0.2, 0.25) is 0 Å². The van der Waals surface area contributed by atoms with Crippen molar-refractivity contribution in [2.45, 2.75) is 13.5 Å². The summed E-state index contributed by atoms with van der Waals surface area (Å²) in [5, 5.41) is 0. The molecular formula is C16H17BrN2O. The van der Waals surface area contributed by atoms with Gasteiger partial charge in [0.2, 0.25) is 0 Å². The second kappa shape index (κ2) is 6.09. The molecule has 0 unspecified atom stereocenters. The fraction of sp³-hybridized carbons (Fsp3) is 0.188. The van der Waals surface area contributed by atoms with Crippen LogP contribution in [0, 0.1) is 6.92 Å². The molecule has 0 bridgehead atoms. The molecule has 0 aliphatic rings. The minimum absolute atomic E-state index is 0.0348. The van der Waals surface area contributed by atoms with Crippen molar-refractivity contribution in [1.82, 2.24) is 4.90 Å². The van der Waals surface area contributed by atoms with E-state index in [1.807, 2.05) is 43.3 Å². The van der Waals surface area contributed by atoms with Gasteiger partial charge in [-0.1, -0.05) is 40.2 Å². The highest BCUT2D eigenvalue weighted by Gasteiger charge is 2.13. The molecule has 0 fully saturated rings. The molecular weight excluding hydrogens is 316 g/mol. The Morgan fingerprint density at radius 1 is 1.25 bits per heavy atom. The third-order valence-corrected chi connectivity index (χ3v) is 4.01. The Morgan fingerprint density at radius 3 is 2.60 bits per heavy atom. The van der Waals surface area contributed by atoms with Crippen molar-refractivity contribution in [3.05, 3.63) is 63.6 Å². The van der Waals surface area contributed by atoms with Gasteiger partial charge in [-0.3, -0.25) is 4.79 Å². The summed E-state index contributed by atoms with van der Waals surface area (Å²) in [5.74, 6) is -0.0348. The van der Waals surface area contributed by atoms with Crippen LogP contribution in [0.5, 0.6) is 0 Å². The number of hydrogen-bond acceptors (Lipinski definition) is 2. The van der Waals surface area contributed by atoms with E-state index in [0.717, 1.165) is 15.6 Å². The first-order valence-electron chi connectivity index (χ1n) is 6.34. The molecule has 2 aromatic carbocycles. The number of nitrogens with two attached hydrogens (primary N) is 1. The maximum atomic E-state index is 12.4. The first kappa shape index (κ1) is 14.6. The van der Waals surface area contributed by atoms with Gasteiger partial charge in [0.15, 0.2) is 0 Å². The van der Waals surface area contributed by atoms with E-state index in [1.165, 1.54) is 0 Å². The zero-order chi connectivity index (χ0) is 14.7. The van der Waals surface area contributed by atoms with Gasteiger partial charge in [0.1, 0.15) is 0 Å². The molecule has 104 valence electrons. The number of halogens is 1. The zero-order valence-electron chi connectivity index (χ0n) is 11.6. The molecule has 0 spiro atoms. The van der Waals surface area contributed by atoms with E-state index in [1.54, 1.807) is 18.0 Å². The lowest BCUT2D eigenvalue weighted by Crippen LogP contribution is -2.26. The molecule has 3 nitrogen and oxygen atoms in total. The maximum Gasteiger partial charge on any atom is 0.253 e. The number of benzene rings is 2. The fourth-order valence-electron chi connectivity index (χ4n) is 1.95. The van der Waals surface area contributed by atoms with Crippen LogP contribution in [0.4, 0.5) is 5.69 Å². The summed E-state index contributed by atoms with van der Waals surface area (Å²) in [6.07, 6.45) is 0. The number of carbonyl (C=O) groups excluding carboxylic acids is 1. The highest BCUT2D eigenvalue weighted by molar-refractivity contribution is 9.10. The van der Waals surface area contributed by atoms with Crippen molar-refractivity contribution < 1.29 is 4.79 Å². The van der Waals surface area contributed by atoms with Crippen molar-refractivity contribution in [2.24, 2.45) is 0 Å². The summed E-state index contributed by atoms with van der Waals surface area (Å²) in [7, 11) is 1.79. The monoisotopic (exact) mass is 332 g/mol. The first-order chi connectivity index (χ1) is 9.49. The van der Waals surface area contributed by atoms with Gasteiger partial charge < -0.3 is 10.6 Å². The Kier molecular flexibility index (Phi) is 4.45. The van der Waals surface area contributed by atoms with Crippen LogP contribution in [0.3, 0.4) is 0 Å². The van der Waals surface area contributed by atoms with Gasteiger partial charge in [-0.25, -0.2) is 0 Å². The van der Waals surface area contributed by atoms with Gasteiger partial charge in [-0.2, -0.15) is 0 Å². The number of nitrogen functional groups attached to an aromatic ring is 1. The van der Waals surface area contributed by atoms with Crippen LogP contribution in [0.25, 0.3) is 0 Å². The quantitative estimate of drug-likeness (QED) is 0.872. The predicted molar refractivity (Wildman–Crippen MR) is 85.5 cm³/mol. The second-order valence-corrected chi connectivity index (χ2v) is 5.68. The maximum absolute atomic E-state index is 12.4. The largest absolute Gasteiger partial charge is 0.398 e. The van der Waals surface area contributed by atoms with Crippen LogP contribution >= 0.6 is 15.9 Å². The molecule has 0 saturated heterocycles. The van der Waals surface area contributed by atoms with Crippen LogP contribution in [0.1, 0.15) is 21.5 Å². The number of carbonyl (C=O) groups is 1. The molecule has 0 aromatic heterocycles. The molecule has 2 N–H and O–H groups in total. The third kappa shape index (κ3) is 3.20. The van der Waals surface area contributed by atoms with E-state index in [2.05, 4.69) is 15.9 Å². The van der Waals surface area contributed by atoms with Gasteiger partial charge in [-0.05, 0) is 36.2 Å². The Hall–Kier alpha value is -1.81. The number of aryl methyl sites for hydroxylation is 1. The number of anilines is 1. The summed E-state index contributed by atoms with van der Waals surface area (Å²) in [6.45, 7) is 2.47. The number of nitrogens with zero attached hydrogens (tertiary/aromatic N) is 1. The van der Waals surface area contributed by atoms with E-state index < -0.39 is 0 Å². The average molecular weight is 333 g/mol. The average Bonchev–Trinajstić information content (AvgIpc) is 2.43. The molecule has 0 saturated carbocycles. The Bertz CT molecular complexity index is 640. The van der Waals surface area contributed by atoms with E-state index in [-0.39, 0.29) is 5.91 Å². The Labute approximate surface area is 127 Å². The van der Waals surface area contributed by atoms with Crippen LogP contribution in [-0.2, 0) is 6.54 Å². The van der Waals surface area contributed by atoms with E-state index in [9.17, 15) is 4.79 Å². The SMILES string of the molecule is Cc1ccc(C(=O)N(C)Cc2ccccc2Br)cc1N. The van der Waals surface area contributed by atoms with E-state index in [4.69, 9.17) is 5.73 Å². The molecule has 2 rings (SSSR count). The number of rotatable bonds is 3. The van der Waals surface area contributed by atoms with Crippen LogP contribution < -0.4 is 5.73 Å². The summed E-state index contributed by atoms with van der Waals surface area (Å²) >= 11 is 3.49. The van der Waals surface area contributed by atoms with E-state index in [0.29, 0.717) is 17.8 Å². The topological polar surface area (TPSA) is 46.3 Å². The molecule has 4 heteroatoms. The molecule has 0 atom stereocenters. The lowest BCUT2D eigenvalue weighted by Gasteiger charge is -2.18. The van der Waals surface area contributed by atoms with Gasteiger partial charge in [0.05, 0.1) is 0 Å². The molecule has 1 amide bonds. The molecule has 0 aliphatic heterocycles. The third-order valence-electron chi connectivity index (χ3n) is 3.24. The number of amides is 1. The molecule has 0 radical (unpaired) electrons. The highest BCUT2D eigenvalue weighted by Crippen LogP contribution is 2.19. The van der Waals surface area contributed by atoms with E-state index >= 15 is 0 Å². The van der Waals surface area contributed by atoms with Crippen LogP contribution in [0.15, 0.2) is 46.9 Å². The van der Waals surface area contributed by atoms with Gasteiger partial charge in [0.25, 0.3) is 5.91 Å². The minimum Gasteiger partial charge on any atom is -0.398 e. The Balaban J connectivity index is 2.16. The van der Waals surface area contributed by atoms with Gasteiger partial charge >= 0.3 is 0 Å². The zero-order valence-corrected chi connectivity index (χ0v) is 13.1. The molecule has 2 aromatic rings. The van der Waals surface area contributed by atoms with Gasteiger partial charge in [0, 0.05) is 29.3 Å². The summed E-state index contributed by atoms with van der Waals surface area (Å²) < 4.78 is 1.00. The summed E-state index contributed by atoms with van der Waals surface area (Å²) in [6, 6.07) is 13.3. The predicted octanol–water partition coefficient (Wildman–Crippen LogP) is 3.61. The van der Waals surface area contributed by atoms with Crippen LogP contribution in [-0.4, -0.2) is 17.9 Å². The lowest BCUT2D eigenvalue weighted by molar-refractivity contribution is 0.0785. The molecule has 0 heterocycles. The number of hydrogen-bond donors (Lipinski definition) is 1. The standard InChI is InChI=1S/C16H17BrN2O/c1-11-7-8-12(9-15(11)18)16(20)19(2)10-13-5-3-4-6-14(13)17/h3-9H,10,18H2,1-2H3. The Morgan fingerprint density at radius 2 is 1.95 bits per heavy atom. The first-order valence-corrected chi connectivity index (χ1v) is 7.13. The smallest absolute Gasteiger partial charge is 0.253 e. The lowest BCUT2D eigenvalue weighted by atomic mass is 10.1. The van der Waals surface area contributed by atoms with Crippen molar-refractivity contribution in [1.29, 1.82) is 0 Å². The highest BCUT2D eigenvalue weighted by atomic mass is 79.9. The fourth-order valence-corrected chi connectivity index (χ4v) is 2.36.